The molecule has 0 aromatic carbocycles. The van der Waals surface area contributed by atoms with Crippen LogP contribution in [0.15, 0.2) is 16.5 Å². The van der Waals surface area contributed by atoms with Crippen molar-refractivity contribution in [3.8, 4) is 0 Å². The quantitative estimate of drug-likeness (QED) is 0.833. The van der Waals surface area contributed by atoms with E-state index in [1.54, 1.807) is 0 Å². The van der Waals surface area contributed by atoms with Gasteiger partial charge < -0.3 is 14.5 Å². The van der Waals surface area contributed by atoms with E-state index in [2.05, 4.69) is 31.3 Å². The smallest absolute Gasteiger partial charge is 0.133 e. The molecule has 90 valence electrons. The second kappa shape index (κ2) is 5.51. The van der Waals surface area contributed by atoms with Crippen LogP contribution < -0.4 is 5.32 Å². The van der Waals surface area contributed by atoms with Crippen LogP contribution >= 0.6 is 0 Å². The first-order chi connectivity index (χ1) is 7.85. The lowest BCUT2D eigenvalue weighted by Gasteiger charge is -2.16. The fourth-order valence-electron chi connectivity index (χ4n) is 2.22. The van der Waals surface area contributed by atoms with Gasteiger partial charge in [-0.3, -0.25) is 0 Å². The monoisotopic (exact) mass is 223 g/mol. The number of aryl methyl sites for hydroxylation is 1. The number of ether oxygens (including phenoxy) is 1. The van der Waals surface area contributed by atoms with Crippen molar-refractivity contribution >= 4 is 0 Å². The second-order valence-electron chi connectivity index (χ2n) is 4.31. The highest BCUT2D eigenvalue weighted by molar-refractivity contribution is 5.11. The molecule has 2 atom stereocenters. The minimum atomic E-state index is 0.152. The molecule has 3 nitrogen and oxygen atoms in total. The summed E-state index contributed by atoms with van der Waals surface area (Å²) in [6.45, 7) is 7.12. The maximum absolute atomic E-state index is 5.77. The topological polar surface area (TPSA) is 34.4 Å². The predicted octanol–water partition coefficient (Wildman–Crippen LogP) is 2.53. The Labute approximate surface area is 97.2 Å². The molecule has 1 fully saturated rings. The van der Waals surface area contributed by atoms with Crippen LogP contribution in [-0.4, -0.2) is 19.7 Å². The van der Waals surface area contributed by atoms with Crippen molar-refractivity contribution in [1.29, 1.82) is 0 Å². The SMILES string of the molecule is CCNCC1CCOC1c1ccc(CC)o1. The summed E-state index contributed by atoms with van der Waals surface area (Å²) in [5.41, 5.74) is 0. The number of rotatable bonds is 5. The third-order valence-electron chi connectivity index (χ3n) is 3.18. The third-order valence-corrected chi connectivity index (χ3v) is 3.18. The molecule has 0 spiro atoms. The minimum Gasteiger partial charge on any atom is -0.463 e. The van der Waals surface area contributed by atoms with Crippen molar-refractivity contribution < 1.29 is 9.15 Å². The van der Waals surface area contributed by atoms with Gasteiger partial charge in [0.15, 0.2) is 0 Å². The molecule has 2 heterocycles. The lowest BCUT2D eigenvalue weighted by Crippen LogP contribution is -2.24. The lowest BCUT2D eigenvalue weighted by atomic mass is 10.00. The molecule has 3 heteroatoms. The largest absolute Gasteiger partial charge is 0.463 e. The highest BCUT2D eigenvalue weighted by Crippen LogP contribution is 2.35. The van der Waals surface area contributed by atoms with Gasteiger partial charge in [0, 0.05) is 25.5 Å². The predicted molar refractivity (Wildman–Crippen MR) is 63.4 cm³/mol. The van der Waals surface area contributed by atoms with Gasteiger partial charge in [-0.25, -0.2) is 0 Å². The Morgan fingerprint density at radius 1 is 1.38 bits per heavy atom. The molecule has 0 bridgehead atoms. The lowest BCUT2D eigenvalue weighted by molar-refractivity contribution is 0.0713. The Morgan fingerprint density at radius 3 is 2.94 bits per heavy atom. The molecule has 0 amide bonds. The van der Waals surface area contributed by atoms with Crippen molar-refractivity contribution in [2.45, 2.75) is 32.8 Å². The zero-order chi connectivity index (χ0) is 11.4. The van der Waals surface area contributed by atoms with Gasteiger partial charge in [0.1, 0.15) is 17.6 Å². The number of hydrogen-bond acceptors (Lipinski definition) is 3. The summed E-state index contributed by atoms with van der Waals surface area (Å²) >= 11 is 0. The molecule has 0 aliphatic carbocycles. The summed E-state index contributed by atoms with van der Waals surface area (Å²) in [6, 6.07) is 4.12. The van der Waals surface area contributed by atoms with E-state index >= 15 is 0 Å². The number of furan rings is 1. The molecule has 1 N–H and O–H groups in total. The summed E-state index contributed by atoms with van der Waals surface area (Å²) < 4.78 is 11.5. The van der Waals surface area contributed by atoms with Crippen LogP contribution in [-0.2, 0) is 11.2 Å². The zero-order valence-electron chi connectivity index (χ0n) is 10.2. The summed E-state index contributed by atoms with van der Waals surface area (Å²) in [6.07, 6.45) is 2.23. The van der Waals surface area contributed by atoms with E-state index in [4.69, 9.17) is 9.15 Å². The van der Waals surface area contributed by atoms with Gasteiger partial charge in [-0.1, -0.05) is 13.8 Å². The van der Waals surface area contributed by atoms with E-state index in [-0.39, 0.29) is 6.10 Å². The van der Waals surface area contributed by atoms with E-state index in [0.29, 0.717) is 5.92 Å². The molecule has 1 aromatic rings. The summed E-state index contributed by atoms with van der Waals surface area (Å²) in [5, 5.41) is 3.39. The molecule has 1 aromatic heterocycles. The van der Waals surface area contributed by atoms with E-state index in [9.17, 15) is 0 Å². The van der Waals surface area contributed by atoms with E-state index in [0.717, 1.165) is 44.1 Å². The molecular weight excluding hydrogens is 202 g/mol. The molecule has 0 saturated carbocycles. The van der Waals surface area contributed by atoms with Crippen LogP contribution in [0.4, 0.5) is 0 Å². The van der Waals surface area contributed by atoms with Crippen molar-refractivity contribution in [3.05, 3.63) is 23.7 Å². The first kappa shape index (κ1) is 11.7. The average Bonchev–Trinajstić information content (AvgIpc) is 2.94. The van der Waals surface area contributed by atoms with Gasteiger partial charge >= 0.3 is 0 Å². The molecule has 1 saturated heterocycles. The Bertz CT molecular complexity index is 321. The van der Waals surface area contributed by atoms with Gasteiger partial charge in [0.05, 0.1) is 0 Å². The standard InChI is InChI=1S/C13H21NO2/c1-3-11-5-6-12(16-11)13-10(7-8-15-13)9-14-4-2/h5-6,10,13-14H,3-4,7-9H2,1-2H3. The van der Waals surface area contributed by atoms with E-state index in [1.165, 1.54) is 0 Å². The first-order valence-corrected chi connectivity index (χ1v) is 6.26. The highest BCUT2D eigenvalue weighted by atomic mass is 16.5. The third kappa shape index (κ3) is 2.47. The highest BCUT2D eigenvalue weighted by Gasteiger charge is 2.31. The second-order valence-corrected chi connectivity index (χ2v) is 4.31. The van der Waals surface area contributed by atoms with Crippen LogP contribution in [0, 0.1) is 5.92 Å². The van der Waals surface area contributed by atoms with Gasteiger partial charge in [0.2, 0.25) is 0 Å². The van der Waals surface area contributed by atoms with E-state index in [1.807, 2.05) is 0 Å². The summed E-state index contributed by atoms with van der Waals surface area (Å²) in [7, 11) is 0. The molecule has 2 rings (SSSR count). The molecular formula is C13H21NO2. The van der Waals surface area contributed by atoms with Crippen molar-refractivity contribution in [2.75, 3.05) is 19.7 Å². The Balaban J connectivity index is 2.01. The molecule has 16 heavy (non-hydrogen) atoms. The minimum absolute atomic E-state index is 0.152. The maximum atomic E-state index is 5.77. The molecule has 1 aliphatic heterocycles. The van der Waals surface area contributed by atoms with E-state index < -0.39 is 0 Å². The van der Waals surface area contributed by atoms with Crippen molar-refractivity contribution in [3.63, 3.8) is 0 Å². The van der Waals surface area contributed by atoms with Crippen LogP contribution in [0.5, 0.6) is 0 Å². The Hall–Kier alpha value is -0.800. The summed E-state index contributed by atoms with van der Waals surface area (Å²) in [4.78, 5) is 0. The number of nitrogens with one attached hydrogen (secondary N) is 1. The average molecular weight is 223 g/mol. The van der Waals surface area contributed by atoms with Crippen molar-refractivity contribution in [1.82, 2.24) is 5.32 Å². The molecule has 0 radical (unpaired) electrons. The van der Waals surface area contributed by atoms with Gasteiger partial charge in [-0.05, 0) is 25.1 Å². The van der Waals surface area contributed by atoms with Crippen LogP contribution in [0.3, 0.4) is 0 Å². The summed E-state index contributed by atoms with van der Waals surface area (Å²) in [5.74, 6) is 2.60. The van der Waals surface area contributed by atoms with Gasteiger partial charge in [-0.2, -0.15) is 0 Å². The fourth-order valence-corrected chi connectivity index (χ4v) is 2.22. The van der Waals surface area contributed by atoms with Crippen LogP contribution in [0.2, 0.25) is 0 Å². The first-order valence-electron chi connectivity index (χ1n) is 6.26. The normalized spacial score (nSPS) is 25.1. The fraction of sp³-hybridized carbons (Fsp3) is 0.692. The van der Waals surface area contributed by atoms with Crippen LogP contribution in [0.1, 0.15) is 37.9 Å². The Morgan fingerprint density at radius 2 is 2.25 bits per heavy atom. The van der Waals surface area contributed by atoms with Gasteiger partial charge in [-0.15, -0.1) is 0 Å². The number of hydrogen-bond donors (Lipinski definition) is 1. The molecule has 1 aliphatic rings. The Kier molecular flexibility index (Phi) is 4.02. The maximum Gasteiger partial charge on any atom is 0.133 e. The van der Waals surface area contributed by atoms with Crippen LogP contribution in [0.25, 0.3) is 0 Å². The van der Waals surface area contributed by atoms with Gasteiger partial charge in [0.25, 0.3) is 0 Å². The van der Waals surface area contributed by atoms with Crippen molar-refractivity contribution in [2.24, 2.45) is 5.92 Å². The molecule has 2 unspecified atom stereocenters. The zero-order valence-corrected chi connectivity index (χ0v) is 10.2.